The van der Waals surface area contributed by atoms with Crippen molar-refractivity contribution in [1.82, 2.24) is 9.88 Å². The predicted molar refractivity (Wildman–Crippen MR) is 105 cm³/mol. The number of hydrogen-bond acceptors (Lipinski definition) is 3. The van der Waals surface area contributed by atoms with Gasteiger partial charge >= 0.3 is 0 Å². The maximum Gasteiger partial charge on any atom is 0.246 e. The number of ether oxygens (including phenoxy) is 1. The Morgan fingerprint density at radius 2 is 1.92 bits per heavy atom. The predicted octanol–water partition coefficient (Wildman–Crippen LogP) is 4.40. The highest BCUT2D eigenvalue weighted by Gasteiger charge is 2.13. The van der Waals surface area contributed by atoms with Gasteiger partial charge in [0, 0.05) is 12.7 Å². The Bertz CT molecular complexity index is 733. The molecule has 0 aliphatic heterocycles. The van der Waals surface area contributed by atoms with Gasteiger partial charge in [-0.15, -0.1) is 0 Å². The van der Waals surface area contributed by atoms with Gasteiger partial charge in [0.1, 0.15) is 12.4 Å². The molecular weight excluding hydrogens is 324 g/mol. The zero-order chi connectivity index (χ0) is 19.0. The summed E-state index contributed by atoms with van der Waals surface area (Å²) in [5, 5.41) is 0. The van der Waals surface area contributed by atoms with Gasteiger partial charge in [-0.2, -0.15) is 0 Å². The molecule has 26 heavy (non-hydrogen) atoms. The molecule has 0 saturated heterocycles. The van der Waals surface area contributed by atoms with E-state index >= 15 is 0 Å². The second-order valence-electron chi connectivity index (χ2n) is 7.49. The number of carbonyl (C=O) groups is 1. The fraction of sp³-hybridized carbons (Fsp3) is 0.364. The van der Waals surface area contributed by atoms with Gasteiger partial charge in [-0.05, 0) is 35.6 Å². The van der Waals surface area contributed by atoms with Gasteiger partial charge in [-0.1, -0.05) is 57.2 Å². The number of nitrogens with zero attached hydrogens (tertiary/aromatic N) is 2. The SMILES string of the molecule is Cc1cncc(OCCN(Cc2ccccc2)C(=O)/C=C\C(C)(C)C)c1. The van der Waals surface area contributed by atoms with Crippen molar-refractivity contribution in [2.24, 2.45) is 5.41 Å². The molecule has 1 amide bonds. The Balaban J connectivity index is 2.02. The van der Waals surface area contributed by atoms with Crippen LogP contribution in [0.1, 0.15) is 31.9 Å². The van der Waals surface area contributed by atoms with Crippen LogP contribution < -0.4 is 4.74 Å². The Hall–Kier alpha value is -2.62. The third kappa shape index (κ3) is 7.09. The van der Waals surface area contributed by atoms with Crippen LogP contribution in [0, 0.1) is 12.3 Å². The monoisotopic (exact) mass is 352 g/mol. The molecule has 4 heteroatoms. The maximum atomic E-state index is 12.7. The van der Waals surface area contributed by atoms with Crippen LogP contribution in [0.5, 0.6) is 5.75 Å². The van der Waals surface area contributed by atoms with Gasteiger partial charge in [0.15, 0.2) is 0 Å². The summed E-state index contributed by atoms with van der Waals surface area (Å²) in [5.41, 5.74) is 2.12. The van der Waals surface area contributed by atoms with Crippen LogP contribution >= 0.6 is 0 Å². The zero-order valence-electron chi connectivity index (χ0n) is 16.1. The molecule has 0 radical (unpaired) electrons. The van der Waals surface area contributed by atoms with Crippen LogP contribution in [0.2, 0.25) is 0 Å². The van der Waals surface area contributed by atoms with E-state index in [-0.39, 0.29) is 11.3 Å². The second kappa shape index (κ2) is 9.18. The Morgan fingerprint density at radius 1 is 1.19 bits per heavy atom. The molecule has 0 saturated carbocycles. The van der Waals surface area contributed by atoms with E-state index < -0.39 is 0 Å². The summed E-state index contributed by atoms with van der Waals surface area (Å²) in [6, 6.07) is 11.9. The second-order valence-corrected chi connectivity index (χ2v) is 7.49. The number of carbonyl (C=O) groups excluding carboxylic acids is 1. The molecule has 1 heterocycles. The summed E-state index contributed by atoms with van der Waals surface area (Å²) >= 11 is 0. The van der Waals surface area contributed by atoms with Crippen molar-refractivity contribution in [2.45, 2.75) is 34.2 Å². The lowest BCUT2D eigenvalue weighted by Gasteiger charge is -2.22. The Morgan fingerprint density at radius 3 is 2.58 bits per heavy atom. The topological polar surface area (TPSA) is 42.4 Å². The first-order valence-corrected chi connectivity index (χ1v) is 8.90. The summed E-state index contributed by atoms with van der Waals surface area (Å²) in [4.78, 5) is 18.6. The normalized spacial score (nSPS) is 11.5. The fourth-order valence-corrected chi connectivity index (χ4v) is 2.38. The van der Waals surface area contributed by atoms with E-state index in [1.165, 1.54) is 0 Å². The van der Waals surface area contributed by atoms with Crippen LogP contribution in [0.4, 0.5) is 0 Å². The average molecular weight is 352 g/mol. The van der Waals surface area contributed by atoms with Gasteiger partial charge in [0.25, 0.3) is 0 Å². The zero-order valence-corrected chi connectivity index (χ0v) is 16.1. The summed E-state index contributed by atoms with van der Waals surface area (Å²) < 4.78 is 5.77. The van der Waals surface area contributed by atoms with Crippen molar-refractivity contribution >= 4 is 5.91 Å². The van der Waals surface area contributed by atoms with Crippen LogP contribution in [-0.4, -0.2) is 28.9 Å². The van der Waals surface area contributed by atoms with Gasteiger partial charge in [0.05, 0.1) is 12.7 Å². The molecule has 0 unspecified atom stereocenters. The molecule has 0 N–H and O–H groups in total. The van der Waals surface area contributed by atoms with Crippen molar-refractivity contribution in [3.8, 4) is 5.75 Å². The highest BCUT2D eigenvalue weighted by atomic mass is 16.5. The van der Waals surface area contributed by atoms with Crippen molar-refractivity contribution in [3.05, 3.63) is 72.1 Å². The fourth-order valence-electron chi connectivity index (χ4n) is 2.38. The van der Waals surface area contributed by atoms with Crippen LogP contribution in [-0.2, 0) is 11.3 Å². The molecule has 2 aromatic rings. The molecular formula is C22H28N2O2. The molecule has 2 rings (SSSR count). The number of aryl methyl sites for hydroxylation is 1. The van der Waals surface area contributed by atoms with Crippen molar-refractivity contribution in [3.63, 3.8) is 0 Å². The van der Waals surface area contributed by atoms with Crippen molar-refractivity contribution < 1.29 is 9.53 Å². The van der Waals surface area contributed by atoms with E-state index in [2.05, 4.69) is 25.8 Å². The quantitative estimate of drug-likeness (QED) is 0.694. The first-order chi connectivity index (χ1) is 12.3. The largest absolute Gasteiger partial charge is 0.490 e. The summed E-state index contributed by atoms with van der Waals surface area (Å²) in [6.07, 6.45) is 7.08. The summed E-state index contributed by atoms with van der Waals surface area (Å²) in [7, 11) is 0. The van der Waals surface area contributed by atoms with Crippen LogP contribution in [0.3, 0.4) is 0 Å². The number of allylic oxidation sites excluding steroid dienone is 1. The van der Waals surface area contributed by atoms with E-state index in [4.69, 9.17) is 4.74 Å². The number of amides is 1. The maximum absolute atomic E-state index is 12.7. The van der Waals surface area contributed by atoms with E-state index in [9.17, 15) is 4.79 Å². The molecule has 0 fully saturated rings. The van der Waals surface area contributed by atoms with Gasteiger partial charge in [-0.3, -0.25) is 9.78 Å². The molecule has 138 valence electrons. The van der Waals surface area contributed by atoms with Crippen LogP contribution in [0.25, 0.3) is 0 Å². The van der Waals surface area contributed by atoms with Crippen molar-refractivity contribution in [2.75, 3.05) is 13.2 Å². The number of aromatic nitrogens is 1. The number of benzene rings is 1. The minimum atomic E-state index is -0.0299. The first kappa shape index (κ1) is 19.7. The first-order valence-electron chi connectivity index (χ1n) is 8.90. The lowest BCUT2D eigenvalue weighted by Crippen LogP contribution is -2.33. The van der Waals surface area contributed by atoms with E-state index in [0.29, 0.717) is 19.7 Å². The third-order valence-corrected chi connectivity index (χ3v) is 3.73. The van der Waals surface area contributed by atoms with E-state index in [1.54, 1.807) is 23.4 Å². The summed E-state index contributed by atoms with van der Waals surface area (Å²) in [6.45, 7) is 9.69. The van der Waals surface area contributed by atoms with E-state index in [1.807, 2.05) is 49.4 Å². The molecule has 0 spiro atoms. The standard InChI is InChI=1S/C22H28N2O2/c1-18-14-20(16-23-15-18)26-13-12-24(17-19-8-6-5-7-9-19)21(25)10-11-22(2,3)4/h5-11,14-16H,12-13,17H2,1-4H3/b11-10-. The molecule has 0 atom stereocenters. The molecule has 0 bridgehead atoms. The Labute approximate surface area is 156 Å². The van der Waals surface area contributed by atoms with Gasteiger partial charge in [-0.25, -0.2) is 0 Å². The molecule has 0 aliphatic rings. The highest BCUT2D eigenvalue weighted by Crippen LogP contribution is 2.15. The van der Waals surface area contributed by atoms with Gasteiger partial charge < -0.3 is 9.64 Å². The lowest BCUT2D eigenvalue weighted by molar-refractivity contribution is -0.127. The molecule has 0 aliphatic carbocycles. The lowest BCUT2D eigenvalue weighted by atomic mass is 9.96. The minimum Gasteiger partial charge on any atom is -0.490 e. The molecule has 1 aromatic carbocycles. The van der Waals surface area contributed by atoms with Gasteiger partial charge in [0.2, 0.25) is 5.91 Å². The van der Waals surface area contributed by atoms with E-state index in [0.717, 1.165) is 16.9 Å². The molecule has 4 nitrogen and oxygen atoms in total. The molecule has 1 aromatic heterocycles. The average Bonchev–Trinajstić information content (AvgIpc) is 2.59. The van der Waals surface area contributed by atoms with Crippen LogP contribution in [0.15, 0.2) is 60.9 Å². The van der Waals surface area contributed by atoms with Crippen molar-refractivity contribution in [1.29, 1.82) is 0 Å². The smallest absolute Gasteiger partial charge is 0.246 e. The summed E-state index contributed by atoms with van der Waals surface area (Å²) in [5.74, 6) is 0.720. The number of pyridine rings is 1. The number of hydrogen-bond donors (Lipinski definition) is 0. The Kier molecular flexibility index (Phi) is 6.96. The highest BCUT2D eigenvalue weighted by molar-refractivity contribution is 5.87. The minimum absolute atomic E-state index is 0.00487. The number of rotatable bonds is 7. The third-order valence-electron chi connectivity index (χ3n) is 3.73.